The quantitative estimate of drug-likeness (QED) is 0.553. The zero-order chi connectivity index (χ0) is 21.7. The van der Waals surface area contributed by atoms with Crippen LogP contribution in [-0.2, 0) is 0 Å². The van der Waals surface area contributed by atoms with Gasteiger partial charge in [-0.2, -0.15) is 0 Å². The van der Waals surface area contributed by atoms with Crippen LogP contribution in [0.3, 0.4) is 0 Å². The molecule has 0 aliphatic heterocycles. The Morgan fingerprint density at radius 3 is 1.17 bits per heavy atom. The van der Waals surface area contributed by atoms with Crippen molar-refractivity contribution in [3.63, 3.8) is 0 Å². The van der Waals surface area contributed by atoms with Gasteiger partial charge in [0.2, 0.25) is 0 Å². The second kappa shape index (κ2) is 9.79. The molecular formula is C26H30O4. The van der Waals surface area contributed by atoms with Crippen LogP contribution >= 0.6 is 0 Å². The van der Waals surface area contributed by atoms with Crippen LogP contribution in [0.25, 0.3) is 22.3 Å². The molecule has 158 valence electrons. The number of aliphatic hydroxyl groups excluding tert-OH is 2. The summed E-state index contributed by atoms with van der Waals surface area (Å²) < 4.78 is 11.9. The molecule has 0 unspecified atom stereocenters. The first-order valence-corrected chi connectivity index (χ1v) is 10.2. The van der Waals surface area contributed by atoms with Gasteiger partial charge in [-0.1, -0.05) is 58.7 Å². The van der Waals surface area contributed by atoms with Crippen molar-refractivity contribution in [2.45, 2.75) is 27.7 Å². The molecule has 0 spiro atoms. The minimum absolute atomic E-state index is 0.0616. The van der Waals surface area contributed by atoms with Crippen molar-refractivity contribution in [2.24, 2.45) is 0 Å². The minimum atomic E-state index is -0.0616. The molecule has 0 aliphatic rings. The van der Waals surface area contributed by atoms with E-state index in [1.165, 1.54) is 0 Å². The number of hydrogen-bond donors (Lipinski definition) is 2. The summed E-state index contributed by atoms with van der Waals surface area (Å²) in [7, 11) is 0. The van der Waals surface area contributed by atoms with Crippen molar-refractivity contribution in [3.05, 3.63) is 70.8 Å². The fourth-order valence-electron chi connectivity index (χ4n) is 3.82. The number of hydrogen-bond acceptors (Lipinski definition) is 4. The zero-order valence-electron chi connectivity index (χ0n) is 18.2. The summed E-state index contributed by atoms with van der Waals surface area (Å²) in [6, 6.07) is 16.7. The zero-order valence-corrected chi connectivity index (χ0v) is 18.2. The van der Waals surface area contributed by atoms with Gasteiger partial charge in [-0.15, -0.1) is 0 Å². The lowest BCUT2D eigenvalue weighted by molar-refractivity contribution is 0.199. The summed E-state index contributed by atoms with van der Waals surface area (Å²) in [5.41, 5.74) is 8.50. The molecule has 0 amide bonds. The molecule has 0 aliphatic carbocycles. The lowest BCUT2D eigenvalue weighted by Crippen LogP contribution is -2.06. The van der Waals surface area contributed by atoms with E-state index in [0.29, 0.717) is 11.5 Å². The minimum Gasteiger partial charge on any atom is -0.491 e. The van der Waals surface area contributed by atoms with E-state index < -0.39 is 0 Å². The Bertz CT molecular complexity index is 900. The van der Waals surface area contributed by atoms with E-state index in [1.807, 2.05) is 12.1 Å². The third-order valence-corrected chi connectivity index (χ3v) is 4.84. The Morgan fingerprint density at radius 2 is 0.867 bits per heavy atom. The Hall–Kier alpha value is -2.82. The number of ether oxygens (including phenoxy) is 2. The molecule has 3 rings (SSSR count). The molecule has 0 heterocycles. The largest absolute Gasteiger partial charge is 0.491 e. The first-order chi connectivity index (χ1) is 14.4. The Labute approximate surface area is 178 Å². The van der Waals surface area contributed by atoms with Gasteiger partial charge in [0.15, 0.2) is 0 Å². The molecule has 2 N–H and O–H groups in total. The molecule has 0 atom stereocenters. The van der Waals surface area contributed by atoms with Crippen molar-refractivity contribution in [1.82, 2.24) is 0 Å². The lowest BCUT2D eigenvalue weighted by atomic mass is 9.94. The fourth-order valence-corrected chi connectivity index (χ4v) is 3.82. The summed E-state index contributed by atoms with van der Waals surface area (Å²) in [5, 5.41) is 18.7. The van der Waals surface area contributed by atoms with Gasteiger partial charge in [-0.05, 0) is 51.0 Å². The van der Waals surface area contributed by atoms with Crippen molar-refractivity contribution >= 4 is 0 Å². The maximum Gasteiger partial charge on any atom is 0.128 e. The van der Waals surface area contributed by atoms with Crippen molar-refractivity contribution in [3.8, 4) is 33.8 Å². The molecule has 0 saturated heterocycles. The van der Waals surface area contributed by atoms with Crippen molar-refractivity contribution in [1.29, 1.82) is 0 Å². The van der Waals surface area contributed by atoms with Crippen LogP contribution in [0.2, 0.25) is 0 Å². The third kappa shape index (κ3) is 5.21. The number of aliphatic hydroxyl groups is 2. The third-order valence-electron chi connectivity index (χ3n) is 4.84. The SMILES string of the molecule is Cc1cc(C)cc(-c2cc(OCCO)c(-c3cc(C)cc(C)c3)cc2OCCO)c1. The Balaban J connectivity index is 2.23. The molecule has 0 saturated carbocycles. The molecule has 4 nitrogen and oxygen atoms in total. The second-order valence-electron chi connectivity index (χ2n) is 7.74. The highest BCUT2D eigenvalue weighted by atomic mass is 16.5. The number of aryl methyl sites for hydroxylation is 4. The van der Waals surface area contributed by atoms with Crippen LogP contribution in [0.4, 0.5) is 0 Å². The Morgan fingerprint density at radius 1 is 0.533 bits per heavy atom. The average molecular weight is 407 g/mol. The second-order valence-corrected chi connectivity index (χ2v) is 7.74. The normalized spacial score (nSPS) is 10.9. The standard InChI is InChI=1S/C26H30O4/c1-17-9-18(2)12-21(11-17)23-15-26(30-8-6-28)24(16-25(23)29-7-5-27)22-13-19(3)10-20(4)14-22/h9-16,27-28H,5-8H2,1-4H3. The van der Waals surface area contributed by atoms with Gasteiger partial charge in [0.05, 0.1) is 13.2 Å². The molecule has 0 radical (unpaired) electrons. The highest BCUT2D eigenvalue weighted by Gasteiger charge is 2.16. The lowest BCUT2D eigenvalue weighted by Gasteiger charge is -2.19. The molecule has 3 aromatic carbocycles. The highest BCUT2D eigenvalue weighted by molar-refractivity contribution is 5.82. The Kier molecular flexibility index (Phi) is 7.14. The topological polar surface area (TPSA) is 58.9 Å². The van der Waals surface area contributed by atoms with Crippen LogP contribution in [0.5, 0.6) is 11.5 Å². The van der Waals surface area contributed by atoms with Crippen molar-refractivity contribution in [2.75, 3.05) is 26.4 Å². The van der Waals surface area contributed by atoms with E-state index in [2.05, 4.69) is 64.1 Å². The first-order valence-electron chi connectivity index (χ1n) is 10.2. The smallest absolute Gasteiger partial charge is 0.128 e. The first kappa shape index (κ1) is 21.9. The van der Waals surface area contributed by atoms with Gasteiger partial charge in [0.25, 0.3) is 0 Å². The van der Waals surface area contributed by atoms with Gasteiger partial charge in [0, 0.05) is 11.1 Å². The summed E-state index contributed by atoms with van der Waals surface area (Å²) in [6.07, 6.45) is 0. The van der Waals surface area contributed by atoms with E-state index in [9.17, 15) is 10.2 Å². The molecule has 0 aromatic heterocycles. The maximum atomic E-state index is 9.33. The summed E-state index contributed by atoms with van der Waals surface area (Å²) in [4.78, 5) is 0. The molecule has 30 heavy (non-hydrogen) atoms. The van der Waals surface area contributed by atoms with E-state index in [0.717, 1.165) is 44.5 Å². The molecule has 0 fully saturated rings. The van der Waals surface area contributed by atoms with E-state index in [4.69, 9.17) is 9.47 Å². The summed E-state index contributed by atoms with van der Waals surface area (Å²) in [5.74, 6) is 1.39. The van der Waals surface area contributed by atoms with Crippen LogP contribution in [0.15, 0.2) is 48.5 Å². The summed E-state index contributed by atoms with van der Waals surface area (Å²) >= 11 is 0. The summed E-state index contributed by atoms with van der Waals surface area (Å²) in [6.45, 7) is 8.56. The molecule has 4 heteroatoms. The van der Waals surface area contributed by atoms with Gasteiger partial charge >= 0.3 is 0 Å². The van der Waals surface area contributed by atoms with E-state index in [1.54, 1.807) is 0 Å². The highest BCUT2D eigenvalue weighted by Crippen LogP contribution is 2.42. The molecule has 3 aromatic rings. The maximum absolute atomic E-state index is 9.33. The van der Waals surface area contributed by atoms with Crippen molar-refractivity contribution < 1.29 is 19.7 Å². The van der Waals surface area contributed by atoms with Gasteiger partial charge < -0.3 is 19.7 Å². The van der Waals surface area contributed by atoms with Gasteiger partial charge in [0.1, 0.15) is 24.7 Å². The van der Waals surface area contributed by atoms with Crippen LogP contribution in [0.1, 0.15) is 22.3 Å². The van der Waals surface area contributed by atoms with Crippen LogP contribution in [0, 0.1) is 27.7 Å². The van der Waals surface area contributed by atoms with E-state index in [-0.39, 0.29) is 26.4 Å². The predicted octanol–water partition coefficient (Wildman–Crippen LogP) is 5.00. The molecule has 0 bridgehead atoms. The predicted molar refractivity (Wildman–Crippen MR) is 121 cm³/mol. The molecular weight excluding hydrogens is 376 g/mol. The fraction of sp³-hybridized carbons (Fsp3) is 0.308. The number of rotatable bonds is 8. The van der Waals surface area contributed by atoms with Crippen LogP contribution in [-0.4, -0.2) is 36.6 Å². The van der Waals surface area contributed by atoms with Gasteiger partial charge in [-0.25, -0.2) is 0 Å². The number of benzene rings is 3. The van der Waals surface area contributed by atoms with Crippen LogP contribution < -0.4 is 9.47 Å². The monoisotopic (exact) mass is 406 g/mol. The average Bonchev–Trinajstić information content (AvgIpc) is 2.69. The van der Waals surface area contributed by atoms with E-state index >= 15 is 0 Å². The van der Waals surface area contributed by atoms with Gasteiger partial charge in [-0.3, -0.25) is 0 Å².